The van der Waals surface area contributed by atoms with Crippen molar-refractivity contribution in [1.29, 1.82) is 0 Å². The van der Waals surface area contributed by atoms with Crippen molar-refractivity contribution < 1.29 is 80.9 Å². The van der Waals surface area contributed by atoms with Crippen molar-refractivity contribution in [2.45, 2.75) is 71.6 Å². The summed E-state index contributed by atoms with van der Waals surface area (Å²) in [6.45, 7) is 21.3. The number of hydrogen-bond acceptors (Lipinski definition) is 17. The molecule has 0 saturated carbocycles. The van der Waals surface area contributed by atoms with Gasteiger partial charge in [-0.05, 0) is 12.3 Å². The van der Waals surface area contributed by atoms with Crippen molar-refractivity contribution in [3.8, 4) is 0 Å². The molecule has 0 unspecified atom stereocenters. The number of aliphatic hydroxyl groups excluding tert-OH is 1. The van der Waals surface area contributed by atoms with Crippen molar-refractivity contribution in [2.24, 2.45) is 5.92 Å². The molecule has 374 valence electrons. The fourth-order valence-corrected chi connectivity index (χ4v) is 5.28. The summed E-state index contributed by atoms with van der Waals surface area (Å²) in [5, 5.41) is 8.60. The van der Waals surface area contributed by atoms with Crippen molar-refractivity contribution in [1.82, 2.24) is 0 Å². The van der Waals surface area contributed by atoms with Gasteiger partial charge in [0.1, 0.15) is 0 Å². The maximum atomic E-state index is 8.60. The van der Waals surface area contributed by atoms with Crippen molar-refractivity contribution in [3.05, 3.63) is 0 Å². The first-order valence-electron chi connectivity index (χ1n) is 23.6. The standard InChI is InChI=1S/C45H92O17/c1-45(2)11-9-7-5-3-4-6-8-10-13-47-15-17-49-19-21-51-23-25-53-27-29-55-31-33-57-35-37-59-39-41-61-43-44-62-42-40-60-38-36-58-34-32-56-30-28-54-26-24-52-22-20-50-18-16-48-14-12-46/h45-46H,3-44H2,1-2H3. The van der Waals surface area contributed by atoms with Gasteiger partial charge in [-0.1, -0.05) is 65.2 Å². The van der Waals surface area contributed by atoms with Crippen LogP contribution in [0.15, 0.2) is 0 Å². The molecular weight excluding hydrogens is 812 g/mol. The molecule has 0 aromatic rings. The summed E-state index contributed by atoms with van der Waals surface area (Å²) in [6, 6.07) is 0. The molecule has 0 rings (SSSR count). The summed E-state index contributed by atoms with van der Waals surface area (Å²) < 4.78 is 87.6. The van der Waals surface area contributed by atoms with Gasteiger partial charge in [-0.2, -0.15) is 0 Å². The first kappa shape index (κ1) is 61.3. The highest BCUT2D eigenvalue weighted by molar-refractivity contribution is 4.50. The Morgan fingerprint density at radius 1 is 0.210 bits per heavy atom. The van der Waals surface area contributed by atoms with Gasteiger partial charge >= 0.3 is 0 Å². The third kappa shape index (κ3) is 59.3. The lowest BCUT2D eigenvalue weighted by Gasteiger charge is -2.09. The summed E-state index contributed by atoms with van der Waals surface area (Å²) in [4.78, 5) is 0. The lowest BCUT2D eigenvalue weighted by atomic mass is 10.0. The Morgan fingerprint density at radius 3 is 0.565 bits per heavy atom. The molecule has 1 N–H and O–H groups in total. The van der Waals surface area contributed by atoms with E-state index < -0.39 is 0 Å². The summed E-state index contributed by atoms with van der Waals surface area (Å²) in [5.74, 6) is 0.842. The Kier molecular flexibility index (Phi) is 57.7. The van der Waals surface area contributed by atoms with Crippen LogP contribution in [0.4, 0.5) is 0 Å². The molecule has 0 atom stereocenters. The van der Waals surface area contributed by atoms with Crippen LogP contribution in [-0.4, -0.2) is 223 Å². The summed E-state index contributed by atoms with van der Waals surface area (Å²) >= 11 is 0. The zero-order valence-electron chi connectivity index (χ0n) is 39.3. The molecule has 0 aromatic heterocycles. The lowest BCUT2D eigenvalue weighted by molar-refractivity contribution is -0.0305. The van der Waals surface area contributed by atoms with E-state index in [1.165, 1.54) is 51.4 Å². The van der Waals surface area contributed by atoms with E-state index in [9.17, 15) is 0 Å². The second-order valence-electron chi connectivity index (χ2n) is 14.5. The zero-order chi connectivity index (χ0) is 44.6. The largest absolute Gasteiger partial charge is 0.394 e. The Morgan fingerprint density at radius 2 is 0.371 bits per heavy atom. The van der Waals surface area contributed by atoms with Crippen LogP contribution in [0.5, 0.6) is 0 Å². The predicted molar refractivity (Wildman–Crippen MR) is 237 cm³/mol. The normalized spacial score (nSPS) is 11.8. The van der Waals surface area contributed by atoms with Gasteiger partial charge in [0.05, 0.1) is 211 Å². The molecule has 0 aromatic carbocycles. The molecule has 0 bridgehead atoms. The van der Waals surface area contributed by atoms with E-state index >= 15 is 0 Å². The topological polar surface area (TPSA) is 168 Å². The van der Waals surface area contributed by atoms with Gasteiger partial charge in [0, 0.05) is 6.61 Å². The molecule has 0 radical (unpaired) electrons. The van der Waals surface area contributed by atoms with Crippen LogP contribution in [0.25, 0.3) is 0 Å². The van der Waals surface area contributed by atoms with Crippen LogP contribution in [-0.2, 0) is 75.8 Å². The molecule has 17 nitrogen and oxygen atoms in total. The third-order valence-corrected chi connectivity index (χ3v) is 8.64. The first-order chi connectivity index (χ1) is 30.8. The molecule has 0 aliphatic heterocycles. The fraction of sp³-hybridized carbons (Fsp3) is 1.00. The maximum absolute atomic E-state index is 8.60. The van der Waals surface area contributed by atoms with Gasteiger partial charge in [0.25, 0.3) is 0 Å². The van der Waals surface area contributed by atoms with E-state index in [4.69, 9.17) is 80.9 Å². The van der Waals surface area contributed by atoms with Gasteiger partial charge in [0.15, 0.2) is 0 Å². The second kappa shape index (κ2) is 58.3. The van der Waals surface area contributed by atoms with Crippen LogP contribution in [0.1, 0.15) is 71.6 Å². The summed E-state index contributed by atoms with van der Waals surface area (Å²) in [6.07, 6.45) is 12.0. The van der Waals surface area contributed by atoms with E-state index in [1.54, 1.807) is 0 Å². The van der Waals surface area contributed by atoms with Crippen LogP contribution >= 0.6 is 0 Å². The zero-order valence-corrected chi connectivity index (χ0v) is 39.3. The van der Waals surface area contributed by atoms with E-state index in [0.29, 0.717) is 205 Å². The summed E-state index contributed by atoms with van der Waals surface area (Å²) in [5.41, 5.74) is 0. The fourth-order valence-electron chi connectivity index (χ4n) is 5.28. The monoisotopic (exact) mass is 905 g/mol. The highest BCUT2D eigenvalue weighted by Crippen LogP contribution is 2.12. The minimum absolute atomic E-state index is 0.0227. The molecule has 0 amide bonds. The van der Waals surface area contributed by atoms with E-state index in [-0.39, 0.29) is 6.61 Å². The van der Waals surface area contributed by atoms with Crippen molar-refractivity contribution in [2.75, 3.05) is 218 Å². The minimum atomic E-state index is 0.0227. The average molecular weight is 905 g/mol. The van der Waals surface area contributed by atoms with E-state index in [2.05, 4.69) is 13.8 Å². The van der Waals surface area contributed by atoms with Crippen molar-refractivity contribution >= 4 is 0 Å². The Balaban J connectivity index is 3.06. The third-order valence-electron chi connectivity index (χ3n) is 8.64. The molecular formula is C45H92O17. The van der Waals surface area contributed by atoms with Gasteiger partial charge < -0.3 is 80.9 Å². The number of unbranched alkanes of at least 4 members (excludes halogenated alkanes) is 7. The average Bonchev–Trinajstić information content (AvgIpc) is 3.27. The molecule has 0 spiro atoms. The SMILES string of the molecule is CC(C)CCCCCCCCCCOCCOCCOCCOCCOCCOCCOCCOCCOCCOCCOCCOCCOCCOCCOCCOCCO. The van der Waals surface area contributed by atoms with Crippen molar-refractivity contribution in [3.63, 3.8) is 0 Å². The highest BCUT2D eigenvalue weighted by atomic mass is 16.6. The number of ether oxygens (including phenoxy) is 16. The van der Waals surface area contributed by atoms with Gasteiger partial charge in [0.2, 0.25) is 0 Å². The quantitative estimate of drug-likeness (QED) is 0.0852. The minimum Gasteiger partial charge on any atom is -0.394 e. The Hall–Kier alpha value is -0.680. The predicted octanol–water partition coefficient (Wildman–Crippen LogP) is 4.41. The maximum Gasteiger partial charge on any atom is 0.0701 e. The number of hydrogen-bond donors (Lipinski definition) is 1. The van der Waals surface area contributed by atoms with Crippen LogP contribution in [0.2, 0.25) is 0 Å². The molecule has 62 heavy (non-hydrogen) atoms. The molecule has 0 aliphatic carbocycles. The van der Waals surface area contributed by atoms with Crippen LogP contribution < -0.4 is 0 Å². The summed E-state index contributed by atoms with van der Waals surface area (Å²) in [7, 11) is 0. The van der Waals surface area contributed by atoms with E-state index in [1.807, 2.05) is 0 Å². The second-order valence-corrected chi connectivity index (χ2v) is 14.5. The molecule has 0 heterocycles. The number of rotatable bonds is 58. The molecule has 0 fully saturated rings. The van der Waals surface area contributed by atoms with Crippen LogP contribution in [0.3, 0.4) is 0 Å². The molecule has 17 heteroatoms. The Bertz CT molecular complexity index is 774. The van der Waals surface area contributed by atoms with Crippen LogP contribution in [0, 0.1) is 5.92 Å². The number of aliphatic hydroxyl groups is 1. The van der Waals surface area contributed by atoms with E-state index in [0.717, 1.165) is 18.9 Å². The molecule has 0 saturated heterocycles. The van der Waals surface area contributed by atoms with Gasteiger partial charge in [-0.15, -0.1) is 0 Å². The van der Waals surface area contributed by atoms with Gasteiger partial charge in [-0.25, -0.2) is 0 Å². The lowest BCUT2D eigenvalue weighted by Crippen LogP contribution is -2.16. The smallest absolute Gasteiger partial charge is 0.0701 e. The van der Waals surface area contributed by atoms with Gasteiger partial charge in [-0.3, -0.25) is 0 Å². The highest BCUT2D eigenvalue weighted by Gasteiger charge is 1.99. The first-order valence-corrected chi connectivity index (χ1v) is 23.6. The molecule has 0 aliphatic rings. The Labute approximate surface area is 375 Å².